The molecule has 196 valence electrons. The highest BCUT2D eigenvalue weighted by molar-refractivity contribution is 14.1. The molecule has 1 aromatic heterocycles. The van der Waals surface area contributed by atoms with E-state index in [-0.39, 0.29) is 22.8 Å². The average molecular weight is 751 g/mol. The van der Waals surface area contributed by atoms with Crippen LogP contribution in [0.4, 0.5) is 0 Å². The smallest absolute Gasteiger partial charge is 0.342 e. The van der Waals surface area contributed by atoms with Gasteiger partial charge in [0.25, 0.3) is 11.7 Å². The second-order valence-corrected chi connectivity index (χ2v) is 13.1. The number of hydrazone groups is 1. The summed E-state index contributed by atoms with van der Waals surface area (Å²) >= 11 is 5.45. The monoisotopic (exact) mass is 751 g/mol. The number of nitrogens with one attached hydrogen (secondary N) is 2. The summed E-state index contributed by atoms with van der Waals surface area (Å²) in [5, 5.41) is 24.6. The first-order valence-corrected chi connectivity index (χ1v) is 15.0. The Morgan fingerprint density at radius 2 is 1.82 bits per heavy atom. The summed E-state index contributed by atoms with van der Waals surface area (Å²) in [5.41, 5.74) is 7.34. The molecular weight excluding hydrogens is 724 g/mol. The maximum absolute atomic E-state index is 12.6. The van der Waals surface area contributed by atoms with E-state index in [4.69, 9.17) is 0 Å². The van der Waals surface area contributed by atoms with Crippen LogP contribution in [0.3, 0.4) is 0 Å². The van der Waals surface area contributed by atoms with Gasteiger partial charge < -0.3 is 5.11 Å². The maximum Gasteiger partial charge on any atom is 0.342 e. The third-order valence-corrected chi connectivity index (χ3v) is 8.11. The Labute approximate surface area is 253 Å². The molecule has 0 atom stereocenters. The summed E-state index contributed by atoms with van der Waals surface area (Å²) in [5.74, 6) is 0.516. The number of H-pyrrole nitrogens is 1. The Morgan fingerprint density at radius 3 is 2.47 bits per heavy atom. The lowest BCUT2D eigenvalue weighted by atomic mass is 9.87. The molecule has 0 spiro atoms. The van der Waals surface area contributed by atoms with Crippen LogP contribution in [-0.4, -0.2) is 28.1 Å². The van der Waals surface area contributed by atoms with Crippen molar-refractivity contribution in [2.45, 2.75) is 38.3 Å². The Morgan fingerprint density at radius 1 is 1.13 bits per heavy atom. The van der Waals surface area contributed by atoms with E-state index in [0.29, 0.717) is 14.3 Å². The van der Waals surface area contributed by atoms with Crippen molar-refractivity contribution in [2.75, 3.05) is 5.75 Å². The van der Waals surface area contributed by atoms with Gasteiger partial charge in [0, 0.05) is 7.14 Å². The largest absolute Gasteiger partial charge is 0.871 e. The van der Waals surface area contributed by atoms with Crippen molar-refractivity contribution in [3.05, 3.63) is 84.5 Å². The van der Waals surface area contributed by atoms with Gasteiger partial charge in [-0.25, -0.2) is 5.43 Å². The molecule has 0 fully saturated rings. The van der Waals surface area contributed by atoms with E-state index in [1.165, 1.54) is 23.5 Å². The van der Waals surface area contributed by atoms with Crippen molar-refractivity contribution in [3.63, 3.8) is 0 Å². The molecule has 0 saturated heterocycles. The predicted octanol–water partition coefficient (Wildman–Crippen LogP) is 5.48. The summed E-state index contributed by atoms with van der Waals surface area (Å²) in [6.45, 7) is 8.61. The zero-order chi connectivity index (χ0) is 27.4. The quantitative estimate of drug-likeness (QED) is 0.0860. The molecule has 1 heterocycles. The van der Waals surface area contributed by atoms with E-state index in [9.17, 15) is 9.90 Å². The van der Waals surface area contributed by atoms with Crippen LogP contribution in [0.15, 0.2) is 70.9 Å². The third kappa shape index (κ3) is 6.94. The van der Waals surface area contributed by atoms with Gasteiger partial charge in [0.05, 0.1) is 22.6 Å². The number of nitrogens with zero attached hydrogens (tertiary/aromatic N) is 3. The van der Waals surface area contributed by atoms with Crippen LogP contribution in [0.5, 0.6) is 5.75 Å². The molecular formula is C28H27I2N5O2S. The zero-order valence-electron chi connectivity index (χ0n) is 21.4. The van der Waals surface area contributed by atoms with Crippen LogP contribution in [0.1, 0.15) is 37.5 Å². The number of aromatic amines is 1. The minimum atomic E-state index is -0.298. The number of rotatable bonds is 7. The Kier molecular flexibility index (Phi) is 9.14. The molecule has 2 N–H and O–H groups in total. The van der Waals surface area contributed by atoms with Gasteiger partial charge in [-0.1, -0.05) is 56.3 Å². The SMILES string of the molecule is Cc1ccc(-[n+]2c(SCC(=O)NN=Cc3cc(I)cc(I)c3[O-])n[nH]c2-c2ccc(C(C)(C)C)cc2)cc1. The molecule has 38 heavy (non-hydrogen) atoms. The fourth-order valence-corrected chi connectivity index (χ4v) is 6.31. The molecule has 0 aliphatic rings. The van der Waals surface area contributed by atoms with E-state index in [2.05, 4.69) is 88.4 Å². The molecule has 4 aromatic rings. The summed E-state index contributed by atoms with van der Waals surface area (Å²) < 4.78 is 3.56. The lowest BCUT2D eigenvalue weighted by molar-refractivity contribution is -0.625. The summed E-state index contributed by atoms with van der Waals surface area (Å²) in [4.78, 5) is 12.6. The normalized spacial score (nSPS) is 11.7. The van der Waals surface area contributed by atoms with E-state index < -0.39 is 0 Å². The van der Waals surface area contributed by atoms with Crippen LogP contribution in [0.2, 0.25) is 0 Å². The van der Waals surface area contributed by atoms with Crippen molar-refractivity contribution in [3.8, 4) is 22.8 Å². The van der Waals surface area contributed by atoms with Crippen molar-refractivity contribution < 1.29 is 14.5 Å². The Hall–Kier alpha value is -2.45. The highest BCUT2D eigenvalue weighted by atomic mass is 127. The number of aromatic nitrogens is 3. The summed E-state index contributed by atoms with van der Waals surface area (Å²) in [6.07, 6.45) is 1.38. The lowest BCUT2D eigenvalue weighted by Gasteiger charge is -2.18. The molecule has 4 rings (SSSR count). The van der Waals surface area contributed by atoms with Gasteiger partial charge in [-0.15, -0.1) is 5.10 Å². The molecule has 0 saturated carbocycles. The maximum atomic E-state index is 12.6. The van der Waals surface area contributed by atoms with E-state index in [0.717, 1.165) is 26.2 Å². The molecule has 0 aliphatic carbocycles. The van der Waals surface area contributed by atoms with Crippen molar-refractivity contribution >= 4 is 69.1 Å². The number of hydrogen-bond donors (Lipinski definition) is 2. The van der Waals surface area contributed by atoms with Gasteiger partial charge in [0.15, 0.2) is 0 Å². The Balaban J connectivity index is 1.54. The molecule has 0 bridgehead atoms. The number of thioether (sulfide) groups is 1. The average Bonchev–Trinajstić information content (AvgIpc) is 3.29. The minimum Gasteiger partial charge on any atom is -0.871 e. The molecule has 0 aliphatic heterocycles. The summed E-state index contributed by atoms with van der Waals surface area (Å²) in [6, 6.07) is 20.2. The second-order valence-electron chi connectivity index (χ2n) is 9.74. The molecule has 3 aromatic carbocycles. The minimum absolute atomic E-state index is 0.0585. The van der Waals surface area contributed by atoms with Crippen LogP contribution in [0.25, 0.3) is 17.1 Å². The van der Waals surface area contributed by atoms with Gasteiger partial charge in [-0.05, 0) is 117 Å². The number of halogens is 2. The van der Waals surface area contributed by atoms with Gasteiger partial charge in [-0.3, -0.25) is 4.79 Å². The van der Waals surface area contributed by atoms with Gasteiger partial charge >= 0.3 is 5.16 Å². The molecule has 7 nitrogen and oxygen atoms in total. The Bertz CT molecular complexity index is 1480. The van der Waals surface area contributed by atoms with Gasteiger partial charge in [0.2, 0.25) is 0 Å². The van der Waals surface area contributed by atoms with Crippen molar-refractivity contribution in [1.82, 2.24) is 15.6 Å². The lowest BCUT2D eigenvalue weighted by Crippen LogP contribution is -2.34. The van der Waals surface area contributed by atoms with Crippen LogP contribution in [0, 0.1) is 14.1 Å². The number of hydrogen-bond acceptors (Lipinski definition) is 5. The molecule has 0 radical (unpaired) electrons. The van der Waals surface area contributed by atoms with Crippen LogP contribution >= 0.6 is 56.9 Å². The fraction of sp³-hybridized carbons (Fsp3) is 0.214. The summed E-state index contributed by atoms with van der Waals surface area (Å²) in [7, 11) is 0. The standard InChI is InChI=1S/C28H27I2N5O2S/c1-17-5-11-22(12-6-17)35-26(18-7-9-20(10-8-18)28(2,3)4)33-34-27(35)38-16-24(36)32-31-15-19-13-21(29)14-23(30)25(19)37/h5-15H,16H2,1-4H3,(H2,31,32,36,37). The zero-order valence-corrected chi connectivity index (χ0v) is 26.5. The number of amides is 1. The first-order valence-electron chi connectivity index (χ1n) is 11.8. The van der Waals surface area contributed by atoms with E-state index in [1.807, 2.05) is 58.3 Å². The van der Waals surface area contributed by atoms with Crippen molar-refractivity contribution in [1.29, 1.82) is 0 Å². The molecule has 0 unspecified atom stereocenters. The van der Waals surface area contributed by atoms with E-state index >= 15 is 0 Å². The molecule has 10 heteroatoms. The number of benzene rings is 3. The van der Waals surface area contributed by atoms with Crippen molar-refractivity contribution in [2.24, 2.45) is 5.10 Å². The topological polar surface area (TPSA) is 97.1 Å². The number of aryl methyl sites for hydroxylation is 1. The third-order valence-electron chi connectivity index (χ3n) is 5.75. The second kappa shape index (κ2) is 12.2. The predicted molar refractivity (Wildman–Crippen MR) is 167 cm³/mol. The first kappa shape index (κ1) is 28.6. The van der Waals surface area contributed by atoms with Crippen LogP contribution < -0.4 is 15.1 Å². The number of carbonyl (C=O) groups excluding carboxylic acids is 1. The molecule has 1 amide bonds. The fourth-order valence-electron chi connectivity index (χ4n) is 3.66. The first-order chi connectivity index (χ1) is 18.0. The number of carbonyl (C=O) groups is 1. The highest BCUT2D eigenvalue weighted by Gasteiger charge is 2.25. The van der Waals surface area contributed by atoms with Gasteiger partial charge in [-0.2, -0.15) is 9.67 Å². The van der Waals surface area contributed by atoms with Gasteiger partial charge in [0.1, 0.15) is 5.69 Å². The highest BCUT2D eigenvalue weighted by Crippen LogP contribution is 2.26. The van der Waals surface area contributed by atoms with Crippen LogP contribution in [-0.2, 0) is 10.2 Å². The van der Waals surface area contributed by atoms with E-state index in [1.54, 1.807) is 12.1 Å².